The summed E-state index contributed by atoms with van der Waals surface area (Å²) in [5.74, 6) is -36.6. The van der Waals surface area contributed by atoms with E-state index in [9.17, 15) is 57.1 Å². The van der Waals surface area contributed by atoms with Crippen LogP contribution in [0.15, 0.2) is 0 Å². The Morgan fingerprint density at radius 1 is 0.556 bits per heavy atom. The van der Waals surface area contributed by atoms with Gasteiger partial charge in [0.1, 0.15) is 0 Å². The monoisotopic (exact) mass is 498 g/mol. The van der Waals surface area contributed by atoms with E-state index in [1.165, 1.54) is 0 Å². The molecule has 1 nitrogen and oxygen atoms in total. The predicted octanol–water partition coefficient (Wildman–Crippen LogP) is 6.31. The lowest BCUT2D eigenvalue weighted by molar-refractivity contribution is -0.440. The average Bonchev–Trinajstić information content (AvgIpc) is 2.48. The van der Waals surface area contributed by atoms with Gasteiger partial charge in [-0.15, -0.1) is 0 Å². The first-order chi connectivity index (χ1) is 11.8. The van der Waals surface area contributed by atoms with E-state index in [0.717, 1.165) is 0 Å². The number of unbranched alkanes of at least 4 members (excludes halogenated alkanes) is 1. The summed E-state index contributed by atoms with van der Waals surface area (Å²) >= 11 is 2.98. The second-order valence-electron chi connectivity index (χ2n) is 5.26. The highest BCUT2D eigenvalue weighted by Crippen LogP contribution is 2.60. The quantitative estimate of drug-likeness (QED) is 0.184. The third kappa shape index (κ3) is 4.93. The maximum absolute atomic E-state index is 13.3. The fourth-order valence-corrected chi connectivity index (χ4v) is 1.96. The van der Waals surface area contributed by atoms with E-state index < -0.39 is 48.8 Å². The van der Waals surface area contributed by atoms with Crippen LogP contribution in [0.5, 0.6) is 0 Å². The average molecular weight is 499 g/mol. The van der Waals surface area contributed by atoms with Gasteiger partial charge in [-0.25, -0.2) is 0 Å². The van der Waals surface area contributed by atoms with Crippen LogP contribution in [0.1, 0.15) is 19.3 Å². The Hall–Kier alpha value is -0.470. The summed E-state index contributed by atoms with van der Waals surface area (Å²) in [5.41, 5.74) is 0. The minimum absolute atomic E-state index is 0.221. The Labute approximate surface area is 152 Å². The van der Waals surface area contributed by atoms with Crippen molar-refractivity contribution in [2.45, 2.75) is 55.1 Å². The van der Waals surface area contributed by atoms with Crippen LogP contribution in [0.25, 0.3) is 0 Å². The summed E-state index contributed by atoms with van der Waals surface area (Å²) in [5, 5.41) is 0.458. The molecule has 0 saturated carbocycles. The molecule has 0 aromatic carbocycles. The number of halogens is 14. The SMILES string of the molecule is FC(F)(F)C(F)(F)C(F)(F)C(F)(F)C(F)(F)C(F)(F)CCOCCCCBr. The van der Waals surface area contributed by atoms with Crippen LogP contribution in [0.4, 0.5) is 57.1 Å². The molecule has 0 aromatic rings. The first kappa shape index (κ1) is 26.5. The first-order valence-corrected chi connectivity index (χ1v) is 8.03. The van der Waals surface area contributed by atoms with Gasteiger partial charge >= 0.3 is 35.8 Å². The molecule has 0 aliphatic rings. The van der Waals surface area contributed by atoms with Gasteiger partial charge in [-0.1, -0.05) is 15.9 Å². The lowest BCUT2D eigenvalue weighted by Gasteiger charge is -2.39. The van der Waals surface area contributed by atoms with Crippen molar-refractivity contribution in [3.05, 3.63) is 0 Å². The van der Waals surface area contributed by atoms with Gasteiger partial charge in [0, 0.05) is 18.4 Å². The van der Waals surface area contributed by atoms with Gasteiger partial charge in [0.05, 0.1) is 6.61 Å². The van der Waals surface area contributed by atoms with E-state index in [-0.39, 0.29) is 13.0 Å². The molecule has 164 valence electrons. The van der Waals surface area contributed by atoms with E-state index >= 15 is 0 Å². The Morgan fingerprint density at radius 3 is 1.41 bits per heavy atom. The van der Waals surface area contributed by atoms with Gasteiger partial charge in [0.25, 0.3) is 0 Å². The molecule has 0 amide bonds. The highest BCUT2D eigenvalue weighted by Gasteiger charge is 2.90. The molecular weight excluding hydrogens is 487 g/mol. The maximum Gasteiger partial charge on any atom is 0.460 e. The molecule has 0 radical (unpaired) electrons. The largest absolute Gasteiger partial charge is 0.460 e. The van der Waals surface area contributed by atoms with E-state index in [0.29, 0.717) is 11.8 Å². The van der Waals surface area contributed by atoms with Crippen LogP contribution < -0.4 is 0 Å². The van der Waals surface area contributed by atoms with Gasteiger partial charge in [-0.2, -0.15) is 57.1 Å². The van der Waals surface area contributed by atoms with E-state index in [1.807, 2.05) is 0 Å². The summed E-state index contributed by atoms with van der Waals surface area (Å²) in [7, 11) is 0. The van der Waals surface area contributed by atoms with E-state index in [1.54, 1.807) is 0 Å². The van der Waals surface area contributed by atoms with Crippen molar-refractivity contribution in [3.8, 4) is 0 Å². The Kier molecular flexibility index (Phi) is 8.35. The molecule has 0 unspecified atom stereocenters. The summed E-state index contributed by atoms with van der Waals surface area (Å²) in [6, 6.07) is 0. The van der Waals surface area contributed by atoms with Crippen molar-refractivity contribution in [2.75, 3.05) is 18.5 Å². The lowest BCUT2D eigenvalue weighted by atomic mass is 9.93. The van der Waals surface area contributed by atoms with E-state index in [4.69, 9.17) is 0 Å². The third-order valence-corrected chi connectivity index (χ3v) is 3.79. The third-order valence-electron chi connectivity index (χ3n) is 3.23. The van der Waals surface area contributed by atoms with Gasteiger partial charge in [-0.3, -0.25) is 0 Å². The topological polar surface area (TPSA) is 9.23 Å². The Morgan fingerprint density at radius 2 is 1.00 bits per heavy atom. The second kappa shape index (κ2) is 8.49. The van der Waals surface area contributed by atoms with Crippen molar-refractivity contribution >= 4 is 15.9 Å². The lowest BCUT2D eigenvalue weighted by Crippen LogP contribution is -2.70. The van der Waals surface area contributed by atoms with E-state index in [2.05, 4.69) is 20.7 Å². The summed E-state index contributed by atoms with van der Waals surface area (Å²) in [6.45, 7) is -1.66. The van der Waals surface area contributed by atoms with Gasteiger partial charge in [0.2, 0.25) is 0 Å². The molecule has 0 saturated heterocycles. The molecule has 27 heavy (non-hydrogen) atoms. The van der Waals surface area contributed by atoms with Crippen LogP contribution in [0.2, 0.25) is 0 Å². The zero-order valence-electron chi connectivity index (χ0n) is 12.9. The molecule has 15 heteroatoms. The highest BCUT2D eigenvalue weighted by molar-refractivity contribution is 9.09. The molecule has 0 rings (SSSR count). The minimum Gasteiger partial charge on any atom is -0.381 e. The smallest absolute Gasteiger partial charge is 0.381 e. The molecule has 0 spiro atoms. The van der Waals surface area contributed by atoms with Crippen molar-refractivity contribution in [3.63, 3.8) is 0 Å². The molecule has 0 bridgehead atoms. The fraction of sp³-hybridized carbons (Fsp3) is 1.00. The van der Waals surface area contributed by atoms with Crippen LogP contribution in [0.3, 0.4) is 0 Å². The van der Waals surface area contributed by atoms with Gasteiger partial charge in [-0.05, 0) is 12.8 Å². The molecule has 0 heterocycles. The number of hydrogen-bond acceptors (Lipinski definition) is 1. The Bertz CT molecular complexity index is 474. The van der Waals surface area contributed by atoms with Crippen molar-refractivity contribution in [1.82, 2.24) is 0 Å². The van der Waals surface area contributed by atoms with Crippen molar-refractivity contribution in [2.24, 2.45) is 0 Å². The predicted molar refractivity (Wildman–Crippen MR) is 69.3 cm³/mol. The molecular formula is C12H12BrF13O. The van der Waals surface area contributed by atoms with Crippen molar-refractivity contribution < 1.29 is 61.8 Å². The fourth-order valence-electron chi connectivity index (χ4n) is 1.56. The number of alkyl halides is 14. The number of ether oxygens (including phenoxy) is 1. The zero-order chi connectivity index (χ0) is 21.9. The standard InChI is InChI=1S/C12H12BrF13O/c13-4-1-2-5-27-6-3-7(14,15)8(16,17)9(18,19)10(20,21)11(22,23)12(24,25)26/h1-6H2. The Balaban J connectivity index is 5.50. The normalized spacial score (nSPS) is 15.3. The molecule has 0 N–H and O–H groups in total. The molecule has 0 atom stereocenters. The molecule has 0 aromatic heterocycles. The molecule has 0 aliphatic heterocycles. The van der Waals surface area contributed by atoms with Crippen LogP contribution >= 0.6 is 15.9 Å². The van der Waals surface area contributed by atoms with Gasteiger partial charge < -0.3 is 4.74 Å². The second-order valence-corrected chi connectivity index (χ2v) is 6.05. The number of hydrogen-bond donors (Lipinski definition) is 0. The summed E-state index contributed by atoms with van der Waals surface area (Å²) in [4.78, 5) is 0. The highest BCUT2D eigenvalue weighted by atomic mass is 79.9. The minimum atomic E-state index is -7.86. The molecule has 0 fully saturated rings. The number of rotatable bonds is 11. The van der Waals surface area contributed by atoms with Crippen LogP contribution in [-0.2, 0) is 4.74 Å². The van der Waals surface area contributed by atoms with Crippen molar-refractivity contribution in [1.29, 1.82) is 0 Å². The maximum atomic E-state index is 13.3. The summed E-state index contributed by atoms with van der Waals surface area (Å²) in [6.07, 6.45) is -9.05. The molecule has 0 aliphatic carbocycles. The zero-order valence-corrected chi connectivity index (χ0v) is 14.5. The first-order valence-electron chi connectivity index (χ1n) is 6.90. The van der Waals surface area contributed by atoms with Gasteiger partial charge in [0.15, 0.2) is 0 Å². The van der Waals surface area contributed by atoms with Crippen LogP contribution in [0, 0.1) is 0 Å². The van der Waals surface area contributed by atoms with Crippen LogP contribution in [-0.4, -0.2) is 54.3 Å². The summed E-state index contributed by atoms with van der Waals surface area (Å²) < 4.78 is 171.